The number of likely N-dealkylation sites (tertiary alicyclic amines) is 1. The largest absolute Gasteiger partial charge is 0.377 e. The van der Waals surface area contributed by atoms with Crippen LogP contribution in [0.5, 0.6) is 0 Å². The van der Waals surface area contributed by atoms with Gasteiger partial charge in [0.2, 0.25) is 0 Å². The number of aromatic amines is 1. The van der Waals surface area contributed by atoms with E-state index in [1.165, 1.54) is 11.3 Å². The third-order valence-electron chi connectivity index (χ3n) is 5.61. The van der Waals surface area contributed by atoms with Crippen molar-refractivity contribution in [1.82, 2.24) is 20.2 Å². The number of nitrogens with one attached hydrogen (secondary N) is 2. The zero-order valence-corrected chi connectivity index (χ0v) is 19.1. The minimum absolute atomic E-state index is 0.0506. The van der Waals surface area contributed by atoms with E-state index in [1.807, 2.05) is 24.3 Å². The number of H-pyrrole nitrogens is 1. The van der Waals surface area contributed by atoms with Crippen LogP contribution >= 0.6 is 22.9 Å². The van der Waals surface area contributed by atoms with E-state index < -0.39 is 0 Å². The third-order valence-corrected chi connectivity index (χ3v) is 7.03. The highest BCUT2D eigenvalue weighted by molar-refractivity contribution is 7.20. The number of hydrogen-bond donors (Lipinski definition) is 2. The SMILES string of the molecule is COCc1nc2sc(C(=O)NC[C@H](c3cccc(Cl)c3)N3CCCC3)c(C)c2c(=O)[nH]1. The van der Waals surface area contributed by atoms with Crippen molar-refractivity contribution in [2.75, 3.05) is 26.7 Å². The number of hydrogen-bond acceptors (Lipinski definition) is 6. The summed E-state index contributed by atoms with van der Waals surface area (Å²) in [6.07, 6.45) is 2.30. The van der Waals surface area contributed by atoms with Crippen molar-refractivity contribution in [3.63, 3.8) is 0 Å². The van der Waals surface area contributed by atoms with Gasteiger partial charge in [0.25, 0.3) is 11.5 Å². The van der Waals surface area contributed by atoms with E-state index in [2.05, 4.69) is 20.2 Å². The van der Waals surface area contributed by atoms with Gasteiger partial charge in [0.15, 0.2) is 0 Å². The topological polar surface area (TPSA) is 87.3 Å². The van der Waals surface area contributed by atoms with Gasteiger partial charge in [-0.15, -0.1) is 11.3 Å². The van der Waals surface area contributed by atoms with Crippen LogP contribution in [-0.2, 0) is 11.3 Å². The fourth-order valence-corrected chi connectivity index (χ4v) is 5.42. The Morgan fingerprint density at radius 3 is 2.87 bits per heavy atom. The second-order valence-electron chi connectivity index (χ2n) is 7.71. The van der Waals surface area contributed by atoms with E-state index in [0.29, 0.717) is 38.0 Å². The van der Waals surface area contributed by atoms with Crippen molar-refractivity contribution in [2.45, 2.75) is 32.4 Å². The first-order valence-corrected chi connectivity index (χ1v) is 11.5. The van der Waals surface area contributed by atoms with Crippen LogP contribution in [0.2, 0.25) is 5.02 Å². The molecule has 31 heavy (non-hydrogen) atoms. The molecule has 2 aromatic heterocycles. The lowest BCUT2D eigenvalue weighted by Crippen LogP contribution is -2.36. The van der Waals surface area contributed by atoms with Gasteiger partial charge in [0.05, 0.1) is 16.3 Å². The van der Waals surface area contributed by atoms with E-state index >= 15 is 0 Å². The Labute approximate surface area is 189 Å². The van der Waals surface area contributed by atoms with Crippen LogP contribution in [0, 0.1) is 6.92 Å². The summed E-state index contributed by atoms with van der Waals surface area (Å²) < 4.78 is 5.06. The summed E-state index contributed by atoms with van der Waals surface area (Å²) in [6.45, 7) is 4.45. The molecule has 0 saturated carbocycles. The summed E-state index contributed by atoms with van der Waals surface area (Å²) >= 11 is 7.45. The Balaban J connectivity index is 1.58. The average Bonchev–Trinajstić information content (AvgIpc) is 3.37. The fraction of sp³-hybridized carbons (Fsp3) is 0.409. The second-order valence-corrected chi connectivity index (χ2v) is 9.14. The van der Waals surface area contributed by atoms with Crippen molar-refractivity contribution in [3.8, 4) is 0 Å². The van der Waals surface area contributed by atoms with E-state index in [9.17, 15) is 9.59 Å². The monoisotopic (exact) mass is 460 g/mol. The molecule has 7 nitrogen and oxygen atoms in total. The molecule has 1 aliphatic heterocycles. The van der Waals surface area contributed by atoms with E-state index in [-0.39, 0.29) is 24.1 Å². The molecule has 3 aromatic rings. The molecular weight excluding hydrogens is 436 g/mol. The second kappa shape index (κ2) is 9.48. The number of amides is 1. The number of halogens is 1. The van der Waals surface area contributed by atoms with E-state index in [0.717, 1.165) is 31.5 Å². The fourth-order valence-electron chi connectivity index (χ4n) is 4.10. The Morgan fingerprint density at radius 1 is 1.39 bits per heavy atom. The van der Waals surface area contributed by atoms with Crippen molar-refractivity contribution in [3.05, 3.63) is 61.5 Å². The number of nitrogens with zero attached hydrogens (tertiary/aromatic N) is 2. The number of fused-ring (bicyclic) bond motifs is 1. The summed E-state index contributed by atoms with van der Waals surface area (Å²) in [6, 6.07) is 7.85. The van der Waals surface area contributed by atoms with Gasteiger partial charge < -0.3 is 15.0 Å². The number of methoxy groups -OCH3 is 1. The highest BCUT2D eigenvalue weighted by Crippen LogP contribution is 2.29. The first-order chi connectivity index (χ1) is 15.0. The lowest BCUT2D eigenvalue weighted by molar-refractivity contribution is 0.0941. The quantitative estimate of drug-likeness (QED) is 0.561. The molecule has 1 amide bonds. The summed E-state index contributed by atoms with van der Waals surface area (Å²) in [7, 11) is 1.54. The predicted molar refractivity (Wildman–Crippen MR) is 123 cm³/mol. The molecule has 1 aromatic carbocycles. The molecule has 1 fully saturated rings. The number of aromatic nitrogens is 2. The summed E-state index contributed by atoms with van der Waals surface area (Å²) in [5.74, 6) is 0.252. The summed E-state index contributed by atoms with van der Waals surface area (Å²) in [4.78, 5) is 36.2. The minimum Gasteiger partial charge on any atom is -0.377 e. The van der Waals surface area contributed by atoms with E-state index in [1.54, 1.807) is 14.0 Å². The van der Waals surface area contributed by atoms with Crippen molar-refractivity contribution in [1.29, 1.82) is 0 Å². The van der Waals surface area contributed by atoms with Gasteiger partial charge in [-0.2, -0.15) is 0 Å². The van der Waals surface area contributed by atoms with Crippen molar-refractivity contribution < 1.29 is 9.53 Å². The molecule has 1 atom stereocenters. The van der Waals surface area contributed by atoms with Crippen molar-refractivity contribution in [2.24, 2.45) is 0 Å². The van der Waals surface area contributed by atoms with Crippen LogP contribution in [0.25, 0.3) is 10.2 Å². The smallest absolute Gasteiger partial charge is 0.261 e. The van der Waals surface area contributed by atoms with E-state index in [4.69, 9.17) is 16.3 Å². The highest BCUT2D eigenvalue weighted by atomic mass is 35.5. The van der Waals surface area contributed by atoms with Gasteiger partial charge in [0, 0.05) is 18.7 Å². The van der Waals surface area contributed by atoms with Crippen molar-refractivity contribution >= 4 is 39.1 Å². The molecule has 9 heteroatoms. The minimum atomic E-state index is -0.251. The predicted octanol–water partition coefficient (Wildman–Crippen LogP) is 3.66. The third kappa shape index (κ3) is 4.67. The number of carbonyl (C=O) groups excluding carboxylic acids is 1. The molecule has 3 heterocycles. The van der Waals surface area contributed by atoms with Gasteiger partial charge in [0.1, 0.15) is 17.3 Å². The Bertz CT molecular complexity index is 1150. The normalized spacial score (nSPS) is 15.5. The molecule has 164 valence electrons. The Kier molecular flexibility index (Phi) is 6.71. The molecule has 0 spiro atoms. The van der Waals surface area contributed by atoms with Crippen LogP contribution in [-0.4, -0.2) is 47.5 Å². The first-order valence-electron chi connectivity index (χ1n) is 10.3. The molecule has 0 bridgehead atoms. The first kappa shape index (κ1) is 22.0. The number of rotatable bonds is 7. The van der Waals surface area contributed by atoms with Gasteiger partial charge in [-0.1, -0.05) is 23.7 Å². The number of ether oxygens (including phenoxy) is 1. The molecule has 1 saturated heterocycles. The maximum absolute atomic E-state index is 13.1. The molecule has 0 radical (unpaired) electrons. The summed E-state index contributed by atoms with van der Waals surface area (Å²) in [5, 5.41) is 4.22. The molecule has 0 unspecified atom stereocenters. The van der Waals surface area contributed by atoms with Gasteiger partial charge >= 0.3 is 0 Å². The number of carbonyl (C=O) groups is 1. The Morgan fingerprint density at radius 2 is 2.16 bits per heavy atom. The maximum Gasteiger partial charge on any atom is 0.261 e. The standard InChI is InChI=1S/C22H25ClN4O3S/c1-13-18-20(28)25-17(12-30-2)26-22(18)31-19(13)21(29)24-11-16(27-8-3-4-9-27)14-6-5-7-15(23)10-14/h5-7,10,16H,3-4,8-9,11-12H2,1-2H3,(H,24,29)(H,25,26,28)/t16-/m1/s1. The highest BCUT2D eigenvalue weighted by Gasteiger charge is 2.25. The molecular formula is C22H25ClN4O3S. The zero-order valence-electron chi connectivity index (χ0n) is 17.5. The van der Waals surface area contributed by atoms with Gasteiger partial charge in [-0.25, -0.2) is 4.98 Å². The van der Waals surface area contributed by atoms with Crippen LogP contribution in [0.3, 0.4) is 0 Å². The van der Waals surface area contributed by atoms with Crippen LogP contribution in [0.15, 0.2) is 29.1 Å². The van der Waals surface area contributed by atoms with Crippen LogP contribution in [0.4, 0.5) is 0 Å². The molecule has 4 rings (SSSR count). The summed E-state index contributed by atoms with van der Waals surface area (Å²) in [5.41, 5.74) is 1.49. The molecule has 1 aliphatic rings. The Hall–Kier alpha value is -2.26. The molecule has 0 aliphatic carbocycles. The van der Waals surface area contributed by atoms with Crippen LogP contribution < -0.4 is 10.9 Å². The van der Waals surface area contributed by atoms with Gasteiger partial charge in [-0.05, 0) is 56.1 Å². The number of benzene rings is 1. The lowest BCUT2D eigenvalue weighted by atomic mass is 10.1. The van der Waals surface area contributed by atoms with Gasteiger partial charge in [-0.3, -0.25) is 14.5 Å². The number of aryl methyl sites for hydroxylation is 1. The lowest BCUT2D eigenvalue weighted by Gasteiger charge is -2.28. The average molecular weight is 461 g/mol. The molecule has 2 N–H and O–H groups in total. The zero-order chi connectivity index (χ0) is 22.0. The van der Waals surface area contributed by atoms with Crippen LogP contribution in [0.1, 0.15) is 45.5 Å². The maximum atomic E-state index is 13.1. The number of thiophene rings is 1.